The molecule has 2 rings (SSSR count). The number of carbonyl (C=O) groups is 2. The van der Waals surface area contributed by atoms with E-state index in [0.29, 0.717) is 39.8 Å². The molecule has 0 radical (unpaired) electrons. The van der Waals surface area contributed by atoms with Gasteiger partial charge in [-0.05, 0) is 65.3 Å². The molecule has 0 spiro atoms. The summed E-state index contributed by atoms with van der Waals surface area (Å²) in [6.45, 7) is 2.68. The monoisotopic (exact) mass is 456 g/mol. The van der Waals surface area contributed by atoms with Crippen molar-refractivity contribution >= 4 is 39.5 Å². The number of carbonyl (C=O) groups excluding carboxylic acids is 2. The molecule has 0 aliphatic carbocycles. The second kappa shape index (κ2) is 10.9. The second-order valence-corrected chi connectivity index (χ2v) is 6.49. The van der Waals surface area contributed by atoms with Crippen molar-refractivity contribution < 1.29 is 28.5 Å². The van der Waals surface area contributed by atoms with Gasteiger partial charge in [0.1, 0.15) is 18.1 Å². The first kappa shape index (κ1) is 21.2. The van der Waals surface area contributed by atoms with Crippen molar-refractivity contribution in [2.24, 2.45) is 0 Å². The van der Waals surface area contributed by atoms with Crippen LogP contribution in [0.15, 0.2) is 46.9 Å². The Balaban J connectivity index is 1.81. The highest BCUT2D eigenvalue weighted by Gasteiger charge is 2.11. The highest BCUT2D eigenvalue weighted by atomic mass is 79.9. The van der Waals surface area contributed by atoms with Crippen LogP contribution in [-0.2, 0) is 14.3 Å². The highest BCUT2D eigenvalue weighted by Crippen LogP contribution is 2.28. The van der Waals surface area contributed by atoms with Crippen molar-refractivity contribution in [3.63, 3.8) is 0 Å². The summed E-state index contributed by atoms with van der Waals surface area (Å²) >= 11 is 9.15. The number of hydrogen-bond acceptors (Lipinski definition) is 6. The molecule has 0 amide bonds. The van der Waals surface area contributed by atoms with Gasteiger partial charge < -0.3 is 18.9 Å². The van der Waals surface area contributed by atoms with Crippen molar-refractivity contribution in [1.82, 2.24) is 0 Å². The zero-order valence-electron chi connectivity index (χ0n) is 14.6. The predicted molar refractivity (Wildman–Crippen MR) is 103 cm³/mol. The van der Waals surface area contributed by atoms with Crippen LogP contribution in [0.25, 0.3) is 0 Å². The summed E-state index contributed by atoms with van der Waals surface area (Å²) in [5.74, 6) is -0.279. The molecule has 0 N–H and O–H groups in total. The van der Waals surface area contributed by atoms with E-state index >= 15 is 0 Å². The van der Waals surface area contributed by atoms with E-state index in [2.05, 4.69) is 15.9 Å². The molecule has 0 heterocycles. The summed E-state index contributed by atoms with van der Waals surface area (Å²) in [7, 11) is 0. The third-order valence-corrected chi connectivity index (χ3v) is 4.08. The van der Waals surface area contributed by atoms with Gasteiger partial charge in [-0.15, -0.1) is 0 Å². The average Bonchev–Trinajstić information content (AvgIpc) is 2.65. The van der Waals surface area contributed by atoms with Crippen LogP contribution in [0.1, 0.15) is 17.3 Å². The Morgan fingerprint density at radius 3 is 2.48 bits per heavy atom. The number of ether oxygens (including phenoxy) is 4. The van der Waals surface area contributed by atoms with Gasteiger partial charge >= 0.3 is 11.9 Å². The molecule has 0 atom stereocenters. The van der Waals surface area contributed by atoms with Gasteiger partial charge in [-0.1, -0.05) is 11.6 Å². The predicted octanol–water partition coefficient (Wildman–Crippen LogP) is 4.28. The minimum absolute atomic E-state index is 0.182. The standard InChI is InChI=1S/C19H18BrClO6/c1-2-24-9-10-25-19(23)13-3-6-15(7-4-13)27-18(22)12-26-17-8-5-14(21)11-16(17)20/h3-8,11H,2,9-10,12H2,1H3. The summed E-state index contributed by atoms with van der Waals surface area (Å²) in [6, 6.07) is 11.0. The molecule has 0 fully saturated rings. The van der Waals surface area contributed by atoms with Crippen molar-refractivity contribution in [2.75, 3.05) is 26.4 Å². The lowest BCUT2D eigenvalue weighted by molar-refractivity contribution is -0.136. The fraction of sp³-hybridized carbons (Fsp3) is 0.263. The molecule has 0 saturated carbocycles. The maximum atomic E-state index is 11.9. The number of esters is 2. The zero-order chi connectivity index (χ0) is 19.6. The smallest absolute Gasteiger partial charge is 0.349 e. The Labute approximate surface area is 170 Å². The molecule has 8 heteroatoms. The largest absolute Gasteiger partial charge is 0.481 e. The van der Waals surface area contributed by atoms with Crippen LogP contribution in [0, 0.1) is 0 Å². The number of benzene rings is 2. The van der Waals surface area contributed by atoms with Crippen molar-refractivity contribution in [2.45, 2.75) is 6.92 Å². The molecule has 27 heavy (non-hydrogen) atoms. The van der Waals surface area contributed by atoms with Crippen molar-refractivity contribution in [3.05, 3.63) is 57.5 Å². The molecule has 0 unspecified atom stereocenters. The van der Waals surface area contributed by atoms with E-state index in [1.54, 1.807) is 18.2 Å². The maximum absolute atomic E-state index is 11.9. The Kier molecular flexibility index (Phi) is 8.57. The number of rotatable bonds is 9. The van der Waals surface area contributed by atoms with Gasteiger partial charge in [0.25, 0.3) is 0 Å². The Morgan fingerprint density at radius 2 is 1.81 bits per heavy atom. The van der Waals surface area contributed by atoms with E-state index in [1.807, 2.05) is 6.92 Å². The van der Waals surface area contributed by atoms with E-state index in [1.165, 1.54) is 24.3 Å². The van der Waals surface area contributed by atoms with E-state index < -0.39 is 11.9 Å². The van der Waals surface area contributed by atoms with E-state index in [4.69, 9.17) is 30.5 Å². The van der Waals surface area contributed by atoms with Gasteiger partial charge in [0.2, 0.25) is 0 Å². The van der Waals surface area contributed by atoms with Crippen LogP contribution < -0.4 is 9.47 Å². The Bertz CT molecular complexity index is 778. The summed E-state index contributed by atoms with van der Waals surface area (Å²) in [5, 5.41) is 0.549. The maximum Gasteiger partial charge on any atom is 0.349 e. The quantitative estimate of drug-likeness (QED) is 0.318. The first-order valence-electron chi connectivity index (χ1n) is 8.13. The van der Waals surface area contributed by atoms with Crippen LogP contribution in [0.2, 0.25) is 5.02 Å². The first-order chi connectivity index (χ1) is 13.0. The van der Waals surface area contributed by atoms with Gasteiger partial charge in [-0.3, -0.25) is 0 Å². The van der Waals surface area contributed by atoms with Gasteiger partial charge in [-0.25, -0.2) is 9.59 Å². The Morgan fingerprint density at radius 1 is 1.07 bits per heavy atom. The molecule has 2 aromatic carbocycles. The molecule has 0 aliphatic rings. The molecular weight excluding hydrogens is 440 g/mol. The van der Waals surface area contributed by atoms with Crippen LogP contribution in [-0.4, -0.2) is 38.4 Å². The fourth-order valence-electron chi connectivity index (χ4n) is 1.97. The molecule has 0 aliphatic heterocycles. The van der Waals surface area contributed by atoms with Crippen molar-refractivity contribution in [1.29, 1.82) is 0 Å². The minimum Gasteiger partial charge on any atom is -0.481 e. The molecule has 0 saturated heterocycles. The van der Waals surface area contributed by atoms with Gasteiger partial charge in [0, 0.05) is 11.6 Å². The number of hydrogen-bond donors (Lipinski definition) is 0. The van der Waals surface area contributed by atoms with Gasteiger partial charge in [-0.2, -0.15) is 0 Å². The van der Waals surface area contributed by atoms with Crippen LogP contribution >= 0.6 is 27.5 Å². The van der Waals surface area contributed by atoms with E-state index in [0.717, 1.165) is 0 Å². The molecule has 0 aromatic heterocycles. The summed E-state index contributed by atoms with van der Waals surface area (Å²) < 4.78 is 21.3. The van der Waals surface area contributed by atoms with E-state index in [9.17, 15) is 9.59 Å². The second-order valence-electron chi connectivity index (χ2n) is 5.19. The lowest BCUT2D eigenvalue weighted by Crippen LogP contribution is -2.18. The third kappa shape index (κ3) is 7.21. The lowest BCUT2D eigenvalue weighted by Gasteiger charge is -2.09. The van der Waals surface area contributed by atoms with Gasteiger partial charge in [0.05, 0.1) is 16.6 Å². The normalized spacial score (nSPS) is 10.3. The summed E-state index contributed by atoms with van der Waals surface area (Å²) in [4.78, 5) is 23.7. The van der Waals surface area contributed by atoms with Crippen molar-refractivity contribution in [3.8, 4) is 11.5 Å². The average molecular weight is 458 g/mol. The van der Waals surface area contributed by atoms with Crippen LogP contribution in [0.4, 0.5) is 0 Å². The van der Waals surface area contributed by atoms with Crippen LogP contribution in [0.5, 0.6) is 11.5 Å². The Hall–Kier alpha value is -2.09. The topological polar surface area (TPSA) is 71.1 Å². The zero-order valence-corrected chi connectivity index (χ0v) is 16.9. The summed E-state index contributed by atoms with van der Waals surface area (Å²) in [5.41, 5.74) is 0.354. The molecule has 6 nitrogen and oxygen atoms in total. The molecular formula is C19H18BrClO6. The molecule has 2 aromatic rings. The fourth-order valence-corrected chi connectivity index (χ4v) is 2.77. The lowest BCUT2D eigenvalue weighted by atomic mass is 10.2. The van der Waals surface area contributed by atoms with Crippen LogP contribution in [0.3, 0.4) is 0 Å². The highest BCUT2D eigenvalue weighted by molar-refractivity contribution is 9.10. The number of halogens is 2. The third-order valence-electron chi connectivity index (χ3n) is 3.23. The van der Waals surface area contributed by atoms with Gasteiger partial charge in [0.15, 0.2) is 6.61 Å². The minimum atomic E-state index is -0.580. The SMILES string of the molecule is CCOCCOC(=O)c1ccc(OC(=O)COc2ccc(Cl)cc2Br)cc1. The van der Waals surface area contributed by atoms with E-state index in [-0.39, 0.29) is 13.2 Å². The summed E-state index contributed by atoms with van der Waals surface area (Å²) in [6.07, 6.45) is 0. The first-order valence-corrected chi connectivity index (χ1v) is 9.30. The molecule has 144 valence electrons. The molecule has 0 bridgehead atoms.